The molecule has 0 saturated carbocycles. The lowest BCUT2D eigenvalue weighted by Gasteiger charge is -2.26. The molecule has 0 unspecified atom stereocenters. The predicted molar refractivity (Wildman–Crippen MR) is 83.8 cm³/mol. The van der Waals surface area contributed by atoms with Crippen LogP contribution in [0.5, 0.6) is 0 Å². The topological polar surface area (TPSA) is 102 Å². The second kappa shape index (κ2) is 6.17. The molecule has 1 aromatic carbocycles. The third kappa shape index (κ3) is 3.99. The number of rotatable bonds is 4. The molecule has 126 valence electrons. The van der Waals surface area contributed by atoms with Crippen LogP contribution in [0.3, 0.4) is 0 Å². The van der Waals surface area contributed by atoms with Gasteiger partial charge in [-0.3, -0.25) is 0 Å². The van der Waals surface area contributed by atoms with Gasteiger partial charge in [0.15, 0.2) is 5.58 Å². The summed E-state index contributed by atoms with van der Waals surface area (Å²) in [6.45, 7) is 4.66. The number of hydrogen-bond donors (Lipinski definition) is 1. The Morgan fingerprint density at radius 1 is 1.35 bits per heavy atom. The summed E-state index contributed by atoms with van der Waals surface area (Å²) < 4.78 is 37.3. The summed E-state index contributed by atoms with van der Waals surface area (Å²) in [5.41, 5.74) is 0.00332. The Balaban J connectivity index is 2.37. The minimum absolute atomic E-state index is 0.297. The molecule has 1 aromatic heterocycles. The van der Waals surface area contributed by atoms with Crippen molar-refractivity contribution < 1.29 is 22.5 Å². The molecule has 0 fully saturated rings. The highest BCUT2D eigenvalue weighted by molar-refractivity contribution is 7.87. The number of para-hydroxylation sites is 1. The average Bonchev–Trinajstić information content (AvgIpc) is 2.85. The number of aromatic nitrogens is 1. The molecule has 2 aromatic rings. The van der Waals surface area contributed by atoms with Crippen LogP contribution in [0.25, 0.3) is 11.0 Å². The number of benzene rings is 1. The smallest absolute Gasteiger partial charge is 0.425 e. The van der Waals surface area contributed by atoms with Crippen LogP contribution >= 0.6 is 0 Å². The van der Waals surface area contributed by atoms with Gasteiger partial charge in [0.05, 0.1) is 6.54 Å². The van der Waals surface area contributed by atoms with Crippen LogP contribution in [0.15, 0.2) is 28.8 Å². The molecular weight excluding hydrogens is 322 g/mol. The second-order valence-corrected chi connectivity index (χ2v) is 7.62. The molecule has 23 heavy (non-hydrogen) atoms. The van der Waals surface area contributed by atoms with Gasteiger partial charge in [-0.25, -0.2) is 9.52 Å². The van der Waals surface area contributed by atoms with Gasteiger partial charge in [-0.1, -0.05) is 17.3 Å². The van der Waals surface area contributed by atoms with Crippen molar-refractivity contribution >= 4 is 27.3 Å². The van der Waals surface area contributed by atoms with Crippen LogP contribution in [0.4, 0.5) is 4.79 Å². The number of hydrogen-bond acceptors (Lipinski definition) is 6. The molecule has 0 aliphatic heterocycles. The fourth-order valence-electron chi connectivity index (χ4n) is 1.86. The number of nitrogens with one attached hydrogen (secondary N) is 1. The normalized spacial score (nSPS) is 12.3. The molecule has 2 rings (SSSR count). The number of amides is 1. The molecule has 9 heteroatoms. The van der Waals surface area contributed by atoms with Gasteiger partial charge in [-0.15, -0.1) is 0 Å². The van der Waals surface area contributed by atoms with Crippen LogP contribution in [0, 0.1) is 0 Å². The van der Waals surface area contributed by atoms with Gasteiger partial charge in [-0.05, 0) is 32.9 Å². The molecule has 0 bridgehead atoms. The maximum atomic E-state index is 12.3. The van der Waals surface area contributed by atoms with Gasteiger partial charge >= 0.3 is 16.3 Å². The van der Waals surface area contributed by atoms with E-state index in [1.54, 1.807) is 45.0 Å². The first-order valence-electron chi connectivity index (χ1n) is 6.91. The zero-order chi connectivity index (χ0) is 17.3. The van der Waals surface area contributed by atoms with Crippen molar-refractivity contribution in [1.29, 1.82) is 0 Å². The maximum Gasteiger partial charge on any atom is 0.425 e. The predicted octanol–water partition coefficient (Wildman–Crippen LogP) is 2.03. The first-order chi connectivity index (χ1) is 10.6. The number of nitrogens with zero attached hydrogens (tertiary/aromatic N) is 2. The quantitative estimate of drug-likeness (QED) is 0.913. The number of fused-ring (bicyclic) bond motifs is 1. The van der Waals surface area contributed by atoms with Crippen molar-refractivity contribution in [2.24, 2.45) is 0 Å². The Morgan fingerprint density at radius 2 is 2.00 bits per heavy atom. The summed E-state index contributed by atoms with van der Waals surface area (Å²) in [4.78, 5) is 12.3. The van der Waals surface area contributed by atoms with Crippen LogP contribution in [0.1, 0.15) is 26.5 Å². The SMILES string of the molecule is CNS(=O)(=O)N(Cc1noc2ccccc12)C(=O)OC(C)(C)C. The Kier molecular flexibility index (Phi) is 4.62. The van der Waals surface area contributed by atoms with Gasteiger partial charge in [-0.2, -0.15) is 12.7 Å². The molecule has 0 radical (unpaired) electrons. The molecule has 8 nitrogen and oxygen atoms in total. The van der Waals surface area contributed by atoms with E-state index in [1.165, 1.54) is 7.05 Å². The van der Waals surface area contributed by atoms with E-state index in [-0.39, 0.29) is 6.54 Å². The first kappa shape index (κ1) is 17.2. The zero-order valence-electron chi connectivity index (χ0n) is 13.4. The molecule has 0 atom stereocenters. The van der Waals surface area contributed by atoms with Crippen molar-refractivity contribution in [1.82, 2.24) is 14.2 Å². The summed E-state index contributed by atoms with van der Waals surface area (Å²) in [7, 11) is -2.83. The third-order valence-electron chi connectivity index (χ3n) is 2.89. The second-order valence-electron chi connectivity index (χ2n) is 5.82. The van der Waals surface area contributed by atoms with E-state index >= 15 is 0 Å². The fourth-order valence-corrected chi connectivity index (χ4v) is 2.61. The fraction of sp³-hybridized carbons (Fsp3) is 0.429. The number of ether oxygens (including phenoxy) is 1. The molecule has 0 spiro atoms. The molecular formula is C14H19N3O5S. The molecule has 1 amide bonds. The van der Waals surface area contributed by atoms with Gasteiger partial charge in [0.1, 0.15) is 11.3 Å². The number of carbonyl (C=O) groups excluding carboxylic acids is 1. The van der Waals surface area contributed by atoms with Crippen molar-refractivity contribution in [2.45, 2.75) is 32.9 Å². The van der Waals surface area contributed by atoms with Gasteiger partial charge in [0, 0.05) is 12.4 Å². The van der Waals surface area contributed by atoms with E-state index in [0.29, 0.717) is 21.0 Å². The average molecular weight is 341 g/mol. The Morgan fingerprint density at radius 3 is 2.61 bits per heavy atom. The standard InChI is InChI=1S/C14H19N3O5S/c1-14(2,3)21-13(18)17(23(19,20)15-4)9-11-10-7-5-6-8-12(10)22-16-11/h5-8,15H,9H2,1-4H3. The minimum Gasteiger partial charge on any atom is -0.443 e. The van der Waals surface area contributed by atoms with Crippen LogP contribution in [-0.4, -0.2) is 36.6 Å². The van der Waals surface area contributed by atoms with Crippen molar-refractivity contribution in [3.63, 3.8) is 0 Å². The van der Waals surface area contributed by atoms with Crippen LogP contribution in [0.2, 0.25) is 0 Å². The van der Waals surface area contributed by atoms with Gasteiger partial charge < -0.3 is 9.26 Å². The third-order valence-corrected chi connectivity index (χ3v) is 4.27. The molecule has 1 N–H and O–H groups in total. The van der Waals surface area contributed by atoms with E-state index in [2.05, 4.69) is 9.88 Å². The minimum atomic E-state index is -4.05. The molecule has 0 aliphatic rings. The van der Waals surface area contributed by atoms with Crippen LogP contribution in [-0.2, 0) is 21.5 Å². The van der Waals surface area contributed by atoms with E-state index in [1.807, 2.05) is 0 Å². The lowest BCUT2D eigenvalue weighted by molar-refractivity contribution is 0.0378. The van der Waals surface area contributed by atoms with E-state index in [0.717, 1.165) is 0 Å². The maximum absolute atomic E-state index is 12.3. The Bertz CT molecular complexity index is 807. The highest BCUT2D eigenvalue weighted by Gasteiger charge is 2.32. The summed E-state index contributed by atoms with van der Waals surface area (Å²) in [5, 5.41) is 4.48. The van der Waals surface area contributed by atoms with Crippen molar-refractivity contribution in [3.05, 3.63) is 30.0 Å². The highest BCUT2D eigenvalue weighted by atomic mass is 32.2. The van der Waals surface area contributed by atoms with Gasteiger partial charge in [0.25, 0.3) is 0 Å². The Hall–Kier alpha value is -2.13. The van der Waals surface area contributed by atoms with Crippen molar-refractivity contribution in [2.75, 3.05) is 7.05 Å². The summed E-state index contributed by atoms with van der Waals surface area (Å²) >= 11 is 0. The van der Waals surface area contributed by atoms with Crippen LogP contribution < -0.4 is 4.72 Å². The van der Waals surface area contributed by atoms with Crippen molar-refractivity contribution in [3.8, 4) is 0 Å². The summed E-state index contributed by atoms with van der Waals surface area (Å²) in [5.74, 6) is 0. The zero-order valence-corrected chi connectivity index (χ0v) is 14.2. The molecule has 0 saturated heterocycles. The van der Waals surface area contributed by atoms with E-state index in [9.17, 15) is 13.2 Å². The number of carbonyl (C=O) groups is 1. The summed E-state index contributed by atoms with van der Waals surface area (Å²) in [6.07, 6.45) is -0.987. The van der Waals surface area contributed by atoms with E-state index in [4.69, 9.17) is 9.26 Å². The first-order valence-corrected chi connectivity index (χ1v) is 8.35. The highest BCUT2D eigenvalue weighted by Crippen LogP contribution is 2.21. The van der Waals surface area contributed by atoms with Gasteiger partial charge in [0.2, 0.25) is 0 Å². The molecule has 1 heterocycles. The lowest BCUT2D eigenvalue weighted by atomic mass is 10.2. The monoisotopic (exact) mass is 341 g/mol. The van der Waals surface area contributed by atoms with E-state index < -0.39 is 21.9 Å². The lowest BCUT2D eigenvalue weighted by Crippen LogP contribution is -2.45. The molecule has 0 aliphatic carbocycles. The summed E-state index contributed by atoms with van der Waals surface area (Å²) in [6, 6.07) is 6.98. The largest absolute Gasteiger partial charge is 0.443 e. The Labute approximate surface area is 134 Å².